The highest BCUT2D eigenvalue weighted by Crippen LogP contribution is 2.37. The largest absolute Gasteiger partial charge is 0.391 e. The molecule has 0 bridgehead atoms. The Morgan fingerprint density at radius 1 is 1.05 bits per heavy atom. The van der Waals surface area contributed by atoms with E-state index in [0.717, 1.165) is 6.54 Å². The van der Waals surface area contributed by atoms with Gasteiger partial charge in [0, 0.05) is 12.6 Å². The molecule has 0 heterocycles. The smallest absolute Gasteiger partial charge is 0.310 e. The normalized spacial score (nSPS) is 23.9. The summed E-state index contributed by atoms with van der Waals surface area (Å²) in [6.45, 7) is 4.90. The van der Waals surface area contributed by atoms with E-state index < -0.39 is 12.1 Å². The number of rotatable bonds is 3. The van der Waals surface area contributed by atoms with E-state index in [-0.39, 0.29) is 18.9 Å². The molecule has 0 amide bonds. The summed E-state index contributed by atoms with van der Waals surface area (Å²) in [5, 5.41) is 3.42. The Bertz CT molecular complexity index is 425. The van der Waals surface area contributed by atoms with Crippen LogP contribution in [0.25, 0.3) is 0 Å². The molecule has 1 fully saturated rings. The maximum absolute atomic E-state index is 12.6. The van der Waals surface area contributed by atoms with Crippen molar-refractivity contribution < 1.29 is 13.2 Å². The summed E-state index contributed by atoms with van der Waals surface area (Å²) in [6.07, 6.45) is -2.26. The Balaban J connectivity index is 1.85. The van der Waals surface area contributed by atoms with Crippen molar-refractivity contribution in [1.82, 2.24) is 5.32 Å². The molecule has 4 heteroatoms. The lowest BCUT2D eigenvalue weighted by Crippen LogP contribution is -2.36. The highest BCUT2D eigenvalue weighted by Gasteiger charge is 2.41. The van der Waals surface area contributed by atoms with Crippen molar-refractivity contribution in [2.45, 2.75) is 58.3 Å². The second-order valence-corrected chi connectivity index (χ2v) is 5.84. The van der Waals surface area contributed by atoms with Crippen LogP contribution in [0.3, 0.4) is 0 Å². The van der Waals surface area contributed by atoms with Crippen LogP contribution in [0.2, 0.25) is 0 Å². The van der Waals surface area contributed by atoms with Crippen LogP contribution in [0, 0.1) is 19.8 Å². The van der Waals surface area contributed by atoms with Crippen molar-refractivity contribution in [2.75, 3.05) is 0 Å². The molecule has 0 aliphatic heterocycles. The zero-order chi connectivity index (χ0) is 14.8. The van der Waals surface area contributed by atoms with Crippen LogP contribution in [-0.4, -0.2) is 12.2 Å². The van der Waals surface area contributed by atoms with E-state index in [1.807, 2.05) is 6.07 Å². The molecule has 0 atom stereocenters. The van der Waals surface area contributed by atoms with Gasteiger partial charge in [-0.2, -0.15) is 13.2 Å². The molecule has 0 saturated heterocycles. The van der Waals surface area contributed by atoms with Crippen LogP contribution in [0.1, 0.15) is 42.4 Å². The first-order chi connectivity index (χ1) is 9.38. The predicted octanol–water partition coefficient (Wildman–Crippen LogP) is 4.51. The van der Waals surface area contributed by atoms with Crippen LogP contribution in [-0.2, 0) is 6.54 Å². The van der Waals surface area contributed by atoms with Gasteiger partial charge in [-0.1, -0.05) is 18.2 Å². The van der Waals surface area contributed by atoms with Crippen molar-refractivity contribution in [3.05, 3.63) is 34.9 Å². The van der Waals surface area contributed by atoms with Crippen LogP contribution in [0.15, 0.2) is 18.2 Å². The van der Waals surface area contributed by atoms with Gasteiger partial charge in [-0.3, -0.25) is 0 Å². The van der Waals surface area contributed by atoms with E-state index >= 15 is 0 Å². The number of aryl methyl sites for hydroxylation is 2. The van der Waals surface area contributed by atoms with E-state index in [2.05, 4.69) is 31.3 Å². The molecule has 2 rings (SSSR count). The maximum atomic E-state index is 12.6. The Hall–Kier alpha value is -1.03. The van der Waals surface area contributed by atoms with Gasteiger partial charge in [0.2, 0.25) is 0 Å². The third-order valence-electron chi connectivity index (χ3n) is 4.40. The minimum Gasteiger partial charge on any atom is -0.310 e. The van der Waals surface area contributed by atoms with Crippen LogP contribution >= 0.6 is 0 Å². The molecular weight excluding hydrogens is 263 g/mol. The molecule has 1 aliphatic carbocycles. The first kappa shape index (κ1) is 15.4. The minimum atomic E-state index is -4.02. The average Bonchev–Trinajstić information content (AvgIpc) is 2.37. The second-order valence-electron chi connectivity index (χ2n) is 5.84. The molecule has 0 aromatic heterocycles. The summed E-state index contributed by atoms with van der Waals surface area (Å²) in [5.41, 5.74) is 3.74. The van der Waals surface area contributed by atoms with Crippen molar-refractivity contribution >= 4 is 0 Å². The fourth-order valence-electron chi connectivity index (χ4n) is 3.00. The molecule has 1 aromatic carbocycles. The van der Waals surface area contributed by atoms with Crippen molar-refractivity contribution in [1.29, 1.82) is 0 Å². The van der Waals surface area contributed by atoms with Gasteiger partial charge in [0.15, 0.2) is 0 Å². The molecule has 0 spiro atoms. The van der Waals surface area contributed by atoms with Gasteiger partial charge in [-0.05, 0) is 56.2 Å². The summed E-state index contributed by atoms with van der Waals surface area (Å²) in [6, 6.07) is 6.39. The molecule has 1 nitrogen and oxygen atoms in total. The SMILES string of the molecule is Cc1cccc(C)c1CNC1CCC(C(F)(F)F)CC1. The molecule has 20 heavy (non-hydrogen) atoms. The number of hydrogen-bond acceptors (Lipinski definition) is 1. The van der Waals surface area contributed by atoms with Gasteiger partial charge in [-0.15, -0.1) is 0 Å². The standard InChI is InChI=1S/C16H22F3N/c1-11-4-3-5-12(2)15(11)10-20-14-8-6-13(7-9-14)16(17,18)19/h3-5,13-14,20H,6-10H2,1-2H3. The zero-order valence-corrected chi connectivity index (χ0v) is 12.1. The monoisotopic (exact) mass is 285 g/mol. The maximum Gasteiger partial charge on any atom is 0.391 e. The summed E-state index contributed by atoms with van der Waals surface area (Å²) < 4.78 is 37.8. The molecule has 1 aromatic rings. The topological polar surface area (TPSA) is 12.0 Å². The van der Waals surface area contributed by atoms with Crippen molar-refractivity contribution in [2.24, 2.45) is 5.92 Å². The second kappa shape index (κ2) is 6.17. The van der Waals surface area contributed by atoms with Crippen molar-refractivity contribution in [3.8, 4) is 0 Å². The molecule has 112 valence electrons. The quantitative estimate of drug-likeness (QED) is 0.861. The Morgan fingerprint density at radius 3 is 2.10 bits per heavy atom. The summed E-state index contributed by atoms with van der Waals surface area (Å²) in [5.74, 6) is -1.10. The van der Waals surface area contributed by atoms with Gasteiger partial charge in [-0.25, -0.2) is 0 Å². The predicted molar refractivity (Wildman–Crippen MR) is 74.6 cm³/mol. The van der Waals surface area contributed by atoms with E-state index in [9.17, 15) is 13.2 Å². The summed E-state index contributed by atoms with van der Waals surface area (Å²) in [7, 11) is 0. The lowest BCUT2D eigenvalue weighted by atomic mass is 9.85. The number of benzene rings is 1. The molecule has 1 saturated carbocycles. The Morgan fingerprint density at radius 2 is 1.60 bits per heavy atom. The molecule has 1 N–H and O–H groups in total. The van der Waals surface area contributed by atoms with Gasteiger partial charge >= 0.3 is 6.18 Å². The molecular formula is C16H22F3N. The number of hydrogen-bond donors (Lipinski definition) is 1. The van der Waals surface area contributed by atoms with Gasteiger partial charge < -0.3 is 5.32 Å². The van der Waals surface area contributed by atoms with Gasteiger partial charge in [0.05, 0.1) is 5.92 Å². The lowest BCUT2D eigenvalue weighted by molar-refractivity contribution is -0.182. The van der Waals surface area contributed by atoms with Crippen LogP contribution in [0.4, 0.5) is 13.2 Å². The lowest BCUT2D eigenvalue weighted by Gasteiger charge is -2.30. The van der Waals surface area contributed by atoms with Crippen LogP contribution < -0.4 is 5.32 Å². The van der Waals surface area contributed by atoms with E-state index in [1.54, 1.807) is 0 Å². The first-order valence-electron chi connectivity index (χ1n) is 7.23. The average molecular weight is 285 g/mol. The molecule has 1 aliphatic rings. The number of alkyl halides is 3. The summed E-state index contributed by atoms with van der Waals surface area (Å²) >= 11 is 0. The molecule has 0 radical (unpaired) electrons. The Kier molecular flexibility index (Phi) is 4.74. The van der Waals surface area contributed by atoms with Gasteiger partial charge in [0.25, 0.3) is 0 Å². The van der Waals surface area contributed by atoms with Crippen molar-refractivity contribution in [3.63, 3.8) is 0 Å². The van der Waals surface area contributed by atoms with E-state index in [4.69, 9.17) is 0 Å². The van der Waals surface area contributed by atoms with E-state index in [1.165, 1.54) is 16.7 Å². The Labute approximate surface area is 118 Å². The fraction of sp³-hybridized carbons (Fsp3) is 0.625. The summed E-state index contributed by atoms with van der Waals surface area (Å²) in [4.78, 5) is 0. The number of halogens is 3. The first-order valence-corrected chi connectivity index (χ1v) is 7.23. The number of nitrogens with one attached hydrogen (secondary N) is 1. The fourth-order valence-corrected chi connectivity index (χ4v) is 3.00. The molecule has 0 unspecified atom stereocenters. The highest BCUT2D eigenvalue weighted by atomic mass is 19.4. The van der Waals surface area contributed by atoms with E-state index in [0.29, 0.717) is 12.8 Å². The minimum absolute atomic E-state index is 0.215. The third-order valence-corrected chi connectivity index (χ3v) is 4.40. The highest BCUT2D eigenvalue weighted by molar-refractivity contribution is 5.33. The third kappa shape index (κ3) is 3.75. The zero-order valence-electron chi connectivity index (χ0n) is 12.1. The van der Waals surface area contributed by atoms with Gasteiger partial charge in [0.1, 0.15) is 0 Å². The van der Waals surface area contributed by atoms with Crippen LogP contribution in [0.5, 0.6) is 0 Å².